The van der Waals surface area contributed by atoms with Gasteiger partial charge in [0.05, 0.1) is 25.3 Å². The fourth-order valence-corrected chi connectivity index (χ4v) is 2.56. The van der Waals surface area contributed by atoms with Gasteiger partial charge in [-0.2, -0.15) is 0 Å². The highest BCUT2D eigenvalue weighted by Crippen LogP contribution is 2.37. The fraction of sp³-hybridized carbons (Fsp3) is 0.500. The molecule has 1 N–H and O–H groups in total. The highest BCUT2D eigenvalue weighted by atomic mass is 35.5. The Bertz CT molecular complexity index is 592. The molecule has 1 aliphatic heterocycles. The summed E-state index contributed by atoms with van der Waals surface area (Å²) in [4.78, 5) is 25.4. The molecule has 126 valence electrons. The number of nitrogens with zero attached hydrogens (tertiary/aromatic N) is 1. The van der Waals surface area contributed by atoms with E-state index in [4.69, 9.17) is 21.1 Å². The quantitative estimate of drug-likeness (QED) is 0.805. The summed E-state index contributed by atoms with van der Waals surface area (Å²) in [6.07, 6.45) is 1.91. The molecule has 2 amide bonds. The van der Waals surface area contributed by atoms with Gasteiger partial charge < -0.3 is 19.7 Å². The number of hydrogen-bond donors (Lipinski definition) is 1. The summed E-state index contributed by atoms with van der Waals surface area (Å²) in [5.41, 5.74) is 0.379. The molecule has 1 aromatic rings. The van der Waals surface area contributed by atoms with Gasteiger partial charge in [-0.25, -0.2) is 0 Å². The monoisotopic (exact) mass is 340 g/mol. The Morgan fingerprint density at radius 3 is 2.87 bits per heavy atom. The summed E-state index contributed by atoms with van der Waals surface area (Å²) in [5, 5.41) is 3.01. The van der Waals surface area contributed by atoms with E-state index in [0.29, 0.717) is 41.8 Å². The van der Waals surface area contributed by atoms with Crippen LogP contribution >= 0.6 is 11.6 Å². The van der Waals surface area contributed by atoms with Gasteiger partial charge in [0, 0.05) is 18.7 Å². The van der Waals surface area contributed by atoms with Crippen LogP contribution in [0.3, 0.4) is 0 Å². The summed E-state index contributed by atoms with van der Waals surface area (Å²) < 4.78 is 10.9. The lowest BCUT2D eigenvalue weighted by molar-refractivity contribution is -0.123. The Morgan fingerprint density at radius 2 is 2.22 bits per heavy atom. The number of carbonyl (C=O) groups is 2. The number of rotatable bonds is 6. The first-order valence-electron chi connectivity index (χ1n) is 7.63. The highest BCUT2D eigenvalue weighted by molar-refractivity contribution is 6.32. The number of nitrogens with one attached hydrogen (secondary N) is 1. The van der Waals surface area contributed by atoms with Crippen molar-refractivity contribution in [2.45, 2.75) is 19.8 Å². The zero-order valence-electron chi connectivity index (χ0n) is 13.4. The van der Waals surface area contributed by atoms with Crippen molar-refractivity contribution in [3.05, 3.63) is 22.7 Å². The summed E-state index contributed by atoms with van der Waals surface area (Å²) >= 11 is 6.25. The van der Waals surface area contributed by atoms with E-state index in [9.17, 15) is 9.59 Å². The van der Waals surface area contributed by atoms with E-state index in [0.717, 1.165) is 12.8 Å². The minimum atomic E-state index is -0.250. The highest BCUT2D eigenvalue weighted by Gasteiger charge is 2.24. The van der Waals surface area contributed by atoms with Crippen LogP contribution in [-0.2, 0) is 4.79 Å². The van der Waals surface area contributed by atoms with Crippen LogP contribution in [0.2, 0.25) is 5.02 Å². The predicted octanol–water partition coefficient (Wildman–Crippen LogP) is 2.10. The normalized spacial score (nSPS) is 14.4. The molecule has 6 nitrogen and oxygen atoms in total. The van der Waals surface area contributed by atoms with Gasteiger partial charge in [-0.1, -0.05) is 24.9 Å². The third-order valence-electron chi connectivity index (χ3n) is 3.55. The number of unbranched alkanes of at least 4 members (excludes halogenated alkanes) is 1. The molecule has 0 bridgehead atoms. The van der Waals surface area contributed by atoms with Crippen LogP contribution < -0.4 is 14.8 Å². The van der Waals surface area contributed by atoms with E-state index in [1.54, 1.807) is 12.1 Å². The molecule has 1 aliphatic rings. The average molecular weight is 341 g/mol. The number of carbonyl (C=O) groups excluding carboxylic acids is 2. The Labute approximate surface area is 140 Å². The van der Waals surface area contributed by atoms with Gasteiger partial charge in [0.15, 0.2) is 11.5 Å². The van der Waals surface area contributed by atoms with Crippen LogP contribution in [0.25, 0.3) is 0 Å². The lowest BCUT2D eigenvalue weighted by Gasteiger charge is -2.27. The molecule has 1 heterocycles. The molecular weight excluding hydrogens is 320 g/mol. The molecule has 1 fully saturated rings. The number of hydrogen-bond acceptors (Lipinski definition) is 4. The standard InChI is InChI=1S/C16H21ClN2O4/c1-3-4-7-23-15-12(17)8-11(9-13(15)22-2)16(21)19-6-5-18-14(20)10-19/h8-9H,3-7,10H2,1-2H3,(H,18,20). The van der Waals surface area contributed by atoms with Crippen molar-refractivity contribution >= 4 is 23.4 Å². The van der Waals surface area contributed by atoms with Crippen molar-refractivity contribution in [1.82, 2.24) is 10.2 Å². The molecule has 0 spiro atoms. The average Bonchev–Trinajstić information content (AvgIpc) is 2.55. The Hall–Kier alpha value is -1.95. The van der Waals surface area contributed by atoms with Crippen LogP contribution in [0.5, 0.6) is 11.5 Å². The fourth-order valence-electron chi connectivity index (χ4n) is 2.30. The third kappa shape index (κ3) is 4.28. The van der Waals surface area contributed by atoms with E-state index in [1.807, 2.05) is 0 Å². The smallest absolute Gasteiger partial charge is 0.254 e. The topological polar surface area (TPSA) is 67.9 Å². The minimum Gasteiger partial charge on any atom is -0.493 e. The molecular formula is C16H21ClN2O4. The van der Waals surface area contributed by atoms with Crippen molar-refractivity contribution in [2.24, 2.45) is 0 Å². The van der Waals surface area contributed by atoms with E-state index in [1.165, 1.54) is 12.0 Å². The second-order valence-corrected chi connectivity index (χ2v) is 5.68. The van der Waals surface area contributed by atoms with Crippen molar-refractivity contribution in [3.63, 3.8) is 0 Å². The van der Waals surface area contributed by atoms with Gasteiger partial charge in [-0.3, -0.25) is 9.59 Å². The number of halogens is 1. The van der Waals surface area contributed by atoms with E-state index >= 15 is 0 Å². The van der Waals surface area contributed by atoms with Gasteiger partial charge >= 0.3 is 0 Å². The molecule has 0 aliphatic carbocycles. The summed E-state index contributed by atoms with van der Waals surface area (Å²) in [6.45, 7) is 3.57. The second kappa shape index (κ2) is 8.06. The number of amides is 2. The minimum absolute atomic E-state index is 0.0491. The first-order chi connectivity index (χ1) is 11.1. The molecule has 1 aromatic carbocycles. The van der Waals surface area contributed by atoms with Crippen molar-refractivity contribution in [3.8, 4) is 11.5 Å². The Kier molecular flexibility index (Phi) is 6.10. The Balaban J connectivity index is 2.21. The molecule has 0 radical (unpaired) electrons. The maximum atomic E-state index is 12.5. The molecule has 7 heteroatoms. The van der Waals surface area contributed by atoms with Crippen LogP contribution in [0.4, 0.5) is 0 Å². The van der Waals surface area contributed by atoms with Gasteiger partial charge in [0.1, 0.15) is 0 Å². The zero-order valence-corrected chi connectivity index (χ0v) is 14.1. The van der Waals surface area contributed by atoms with Gasteiger partial charge in [0.2, 0.25) is 5.91 Å². The van der Waals surface area contributed by atoms with Gasteiger partial charge in [-0.05, 0) is 18.6 Å². The Morgan fingerprint density at radius 1 is 1.43 bits per heavy atom. The van der Waals surface area contributed by atoms with Gasteiger partial charge in [0.25, 0.3) is 5.91 Å². The zero-order chi connectivity index (χ0) is 16.8. The van der Waals surface area contributed by atoms with Crippen molar-refractivity contribution in [1.29, 1.82) is 0 Å². The number of benzene rings is 1. The number of methoxy groups -OCH3 is 1. The van der Waals surface area contributed by atoms with Crippen molar-refractivity contribution in [2.75, 3.05) is 33.4 Å². The summed E-state index contributed by atoms with van der Waals surface area (Å²) in [7, 11) is 1.50. The maximum absolute atomic E-state index is 12.5. The number of ether oxygens (including phenoxy) is 2. The van der Waals surface area contributed by atoms with Crippen LogP contribution in [0.15, 0.2) is 12.1 Å². The number of piperazine rings is 1. The van der Waals surface area contributed by atoms with Crippen LogP contribution in [0, 0.1) is 0 Å². The first kappa shape index (κ1) is 17.4. The summed E-state index contributed by atoms with van der Waals surface area (Å²) in [6, 6.07) is 3.15. The van der Waals surface area contributed by atoms with Crippen LogP contribution in [-0.4, -0.2) is 50.1 Å². The predicted molar refractivity (Wildman–Crippen MR) is 87.3 cm³/mol. The van der Waals surface area contributed by atoms with Gasteiger partial charge in [-0.15, -0.1) is 0 Å². The molecule has 0 atom stereocenters. The molecule has 23 heavy (non-hydrogen) atoms. The van der Waals surface area contributed by atoms with Crippen LogP contribution in [0.1, 0.15) is 30.1 Å². The van der Waals surface area contributed by atoms with E-state index in [2.05, 4.69) is 12.2 Å². The van der Waals surface area contributed by atoms with E-state index < -0.39 is 0 Å². The van der Waals surface area contributed by atoms with E-state index in [-0.39, 0.29) is 18.4 Å². The van der Waals surface area contributed by atoms with Crippen molar-refractivity contribution < 1.29 is 19.1 Å². The molecule has 0 unspecified atom stereocenters. The molecule has 0 aromatic heterocycles. The SMILES string of the molecule is CCCCOc1c(Cl)cc(C(=O)N2CCNC(=O)C2)cc1OC. The second-order valence-electron chi connectivity index (χ2n) is 5.27. The molecule has 1 saturated heterocycles. The first-order valence-corrected chi connectivity index (χ1v) is 8.01. The largest absolute Gasteiger partial charge is 0.493 e. The molecule has 0 saturated carbocycles. The third-order valence-corrected chi connectivity index (χ3v) is 3.83. The summed E-state index contributed by atoms with van der Waals surface area (Å²) in [5.74, 6) is 0.441. The lowest BCUT2D eigenvalue weighted by Crippen LogP contribution is -2.49. The molecule has 2 rings (SSSR count). The lowest BCUT2D eigenvalue weighted by atomic mass is 10.1. The maximum Gasteiger partial charge on any atom is 0.254 e.